The minimum atomic E-state index is -0.176. The summed E-state index contributed by atoms with van der Waals surface area (Å²) in [7, 11) is 2.05. The molecule has 4 rings (SSSR count). The van der Waals surface area contributed by atoms with Gasteiger partial charge in [-0.25, -0.2) is 4.68 Å². The molecule has 1 aliphatic heterocycles. The van der Waals surface area contributed by atoms with Crippen molar-refractivity contribution < 1.29 is 4.79 Å². The normalized spacial score (nSPS) is 15.0. The Kier molecular flexibility index (Phi) is 5.65. The van der Waals surface area contributed by atoms with E-state index < -0.39 is 0 Å². The third-order valence-corrected chi connectivity index (χ3v) is 5.63. The molecular formula is C22H23ClN4O2. The Balaban J connectivity index is 1.64. The molecule has 0 bridgehead atoms. The number of fused-ring (bicyclic) bond motifs is 1. The van der Waals surface area contributed by atoms with Gasteiger partial charge in [0.1, 0.15) is 0 Å². The standard InChI is InChI=1S/C22H23ClN4O2/c1-25-12-14-26(15-13-25)20(28)10-11-27-22(29)19-5-3-2-4-18(19)21(24-27)16-6-8-17(23)9-7-16/h2-9H,10-15H2,1H3. The van der Waals surface area contributed by atoms with Crippen molar-refractivity contribution in [1.82, 2.24) is 19.6 Å². The van der Waals surface area contributed by atoms with E-state index in [0.29, 0.717) is 16.1 Å². The first kappa shape index (κ1) is 19.6. The molecule has 0 aliphatic carbocycles. The summed E-state index contributed by atoms with van der Waals surface area (Å²) in [5, 5.41) is 6.64. The monoisotopic (exact) mass is 410 g/mol. The van der Waals surface area contributed by atoms with Gasteiger partial charge in [0, 0.05) is 48.6 Å². The van der Waals surface area contributed by atoms with Crippen LogP contribution in [0.2, 0.25) is 5.02 Å². The molecule has 0 saturated carbocycles. The molecular weight excluding hydrogens is 388 g/mol. The van der Waals surface area contributed by atoms with Gasteiger partial charge in [0.15, 0.2) is 0 Å². The van der Waals surface area contributed by atoms with E-state index in [4.69, 9.17) is 11.6 Å². The molecule has 2 heterocycles. The largest absolute Gasteiger partial charge is 0.340 e. The molecule has 1 aromatic heterocycles. The van der Waals surface area contributed by atoms with Crippen molar-refractivity contribution in [2.24, 2.45) is 0 Å². The summed E-state index contributed by atoms with van der Waals surface area (Å²) in [5.41, 5.74) is 1.41. The molecule has 0 unspecified atom stereocenters. The van der Waals surface area contributed by atoms with Crippen LogP contribution < -0.4 is 5.56 Å². The lowest BCUT2D eigenvalue weighted by molar-refractivity contribution is -0.133. The Morgan fingerprint density at radius 3 is 2.34 bits per heavy atom. The summed E-state index contributed by atoms with van der Waals surface area (Å²) in [5.74, 6) is 0.0630. The van der Waals surface area contributed by atoms with E-state index in [-0.39, 0.29) is 24.4 Å². The van der Waals surface area contributed by atoms with E-state index in [1.165, 1.54) is 4.68 Å². The molecule has 1 amide bonds. The van der Waals surface area contributed by atoms with E-state index in [0.717, 1.165) is 37.1 Å². The van der Waals surface area contributed by atoms with E-state index >= 15 is 0 Å². The highest BCUT2D eigenvalue weighted by molar-refractivity contribution is 6.30. The third kappa shape index (κ3) is 4.18. The van der Waals surface area contributed by atoms with E-state index in [9.17, 15) is 9.59 Å². The predicted octanol–water partition coefficient (Wildman–Crippen LogP) is 2.88. The van der Waals surface area contributed by atoms with Gasteiger partial charge in [-0.15, -0.1) is 0 Å². The topological polar surface area (TPSA) is 58.4 Å². The Morgan fingerprint density at radius 2 is 1.66 bits per heavy atom. The molecule has 0 N–H and O–H groups in total. The lowest BCUT2D eigenvalue weighted by atomic mass is 10.1. The second kappa shape index (κ2) is 8.35. The Morgan fingerprint density at radius 1 is 1.00 bits per heavy atom. The zero-order valence-corrected chi connectivity index (χ0v) is 17.1. The molecule has 0 atom stereocenters. The lowest BCUT2D eigenvalue weighted by Crippen LogP contribution is -2.47. The van der Waals surface area contributed by atoms with Gasteiger partial charge in [-0.3, -0.25) is 9.59 Å². The van der Waals surface area contributed by atoms with Crippen molar-refractivity contribution in [2.45, 2.75) is 13.0 Å². The van der Waals surface area contributed by atoms with Gasteiger partial charge >= 0.3 is 0 Å². The number of hydrogen-bond donors (Lipinski definition) is 0. The Hall–Kier alpha value is -2.70. The summed E-state index contributed by atoms with van der Waals surface area (Å²) in [4.78, 5) is 29.6. The molecule has 3 aromatic rings. The smallest absolute Gasteiger partial charge is 0.274 e. The lowest BCUT2D eigenvalue weighted by Gasteiger charge is -2.32. The van der Waals surface area contributed by atoms with E-state index in [2.05, 4.69) is 17.0 Å². The van der Waals surface area contributed by atoms with Crippen LogP contribution in [0, 0.1) is 0 Å². The van der Waals surface area contributed by atoms with Gasteiger partial charge < -0.3 is 9.80 Å². The van der Waals surface area contributed by atoms with Crippen molar-refractivity contribution in [2.75, 3.05) is 33.2 Å². The maximum atomic E-state index is 12.9. The maximum Gasteiger partial charge on any atom is 0.274 e. The van der Waals surface area contributed by atoms with Crippen LogP contribution in [0.25, 0.3) is 22.0 Å². The van der Waals surface area contributed by atoms with Crippen molar-refractivity contribution in [3.05, 3.63) is 63.9 Å². The number of aromatic nitrogens is 2. The Bertz CT molecular complexity index is 1090. The Labute approximate surface area is 174 Å². The molecule has 7 heteroatoms. The summed E-state index contributed by atoms with van der Waals surface area (Å²) >= 11 is 6.02. The molecule has 29 heavy (non-hydrogen) atoms. The molecule has 0 spiro atoms. The van der Waals surface area contributed by atoms with Gasteiger partial charge in [0.05, 0.1) is 17.6 Å². The van der Waals surface area contributed by atoms with Crippen molar-refractivity contribution in [1.29, 1.82) is 0 Å². The second-order valence-corrected chi connectivity index (χ2v) is 7.80. The van der Waals surface area contributed by atoms with Gasteiger partial charge in [0.25, 0.3) is 5.56 Å². The summed E-state index contributed by atoms with van der Waals surface area (Å²) in [6.45, 7) is 3.47. The van der Waals surface area contributed by atoms with Crippen molar-refractivity contribution in [3.8, 4) is 11.3 Å². The summed E-state index contributed by atoms with van der Waals surface area (Å²) in [6, 6.07) is 14.8. The number of nitrogens with zero attached hydrogens (tertiary/aromatic N) is 4. The number of rotatable bonds is 4. The van der Waals surface area contributed by atoms with Crippen LogP contribution in [0.3, 0.4) is 0 Å². The number of halogens is 1. The van der Waals surface area contributed by atoms with Crippen LogP contribution in [0.4, 0.5) is 0 Å². The zero-order chi connectivity index (χ0) is 20.4. The second-order valence-electron chi connectivity index (χ2n) is 7.36. The average Bonchev–Trinajstić information content (AvgIpc) is 2.74. The number of benzene rings is 2. The minimum Gasteiger partial charge on any atom is -0.340 e. The van der Waals surface area contributed by atoms with Gasteiger partial charge in [0.2, 0.25) is 5.91 Å². The van der Waals surface area contributed by atoms with Crippen LogP contribution in [0.15, 0.2) is 53.3 Å². The molecule has 1 saturated heterocycles. The molecule has 1 aliphatic rings. The van der Waals surface area contributed by atoms with Crippen molar-refractivity contribution in [3.63, 3.8) is 0 Å². The number of likely N-dealkylation sites (N-methyl/N-ethyl adjacent to an activating group) is 1. The number of hydrogen-bond acceptors (Lipinski definition) is 4. The van der Waals surface area contributed by atoms with Crippen molar-refractivity contribution >= 4 is 28.3 Å². The quantitative estimate of drug-likeness (QED) is 0.663. The molecule has 6 nitrogen and oxygen atoms in total. The highest BCUT2D eigenvalue weighted by atomic mass is 35.5. The highest BCUT2D eigenvalue weighted by Gasteiger charge is 2.19. The molecule has 150 valence electrons. The summed E-state index contributed by atoms with van der Waals surface area (Å²) < 4.78 is 1.42. The van der Waals surface area contributed by atoms with Crippen LogP contribution in [0.1, 0.15) is 6.42 Å². The van der Waals surface area contributed by atoms with Gasteiger partial charge in [-0.1, -0.05) is 41.9 Å². The van der Waals surface area contributed by atoms with Gasteiger partial charge in [-0.05, 0) is 25.2 Å². The number of carbonyl (C=O) groups excluding carboxylic acids is 1. The first-order chi connectivity index (χ1) is 14.0. The number of aryl methyl sites for hydroxylation is 1. The van der Waals surface area contributed by atoms with Crippen LogP contribution in [0.5, 0.6) is 0 Å². The fourth-order valence-electron chi connectivity index (χ4n) is 3.62. The van der Waals surface area contributed by atoms with E-state index in [1.54, 1.807) is 18.2 Å². The number of carbonyl (C=O) groups is 1. The van der Waals surface area contributed by atoms with Crippen LogP contribution >= 0.6 is 11.6 Å². The third-order valence-electron chi connectivity index (χ3n) is 5.38. The van der Waals surface area contributed by atoms with Gasteiger partial charge in [-0.2, -0.15) is 5.10 Å². The summed E-state index contributed by atoms with van der Waals surface area (Å²) in [6.07, 6.45) is 0.259. The highest BCUT2D eigenvalue weighted by Crippen LogP contribution is 2.25. The number of piperazine rings is 1. The fraction of sp³-hybridized carbons (Fsp3) is 0.318. The van der Waals surface area contributed by atoms with E-state index in [1.807, 2.05) is 35.2 Å². The maximum absolute atomic E-state index is 12.9. The first-order valence-corrected chi connectivity index (χ1v) is 10.1. The minimum absolute atomic E-state index is 0.0630. The van der Waals surface area contributed by atoms with Crippen LogP contribution in [-0.4, -0.2) is 58.7 Å². The van der Waals surface area contributed by atoms with Crippen LogP contribution in [-0.2, 0) is 11.3 Å². The zero-order valence-electron chi connectivity index (χ0n) is 16.3. The molecule has 2 aromatic carbocycles. The average molecular weight is 411 g/mol. The molecule has 0 radical (unpaired) electrons. The predicted molar refractivity (Wildman–Crippen MR) is 115 cm³/mol. The number of amides is 1. The fourth-order valence-corrected chi connectivity index (χ4v) is 3.75. The first-order valence-electron chi connectivity index (χ1n) is 9.75. The molecule has 1 fully saturated rings. The SMILES string of the molecule is CN1CCN(C(=O)CCn2nc(-c3ccc(Cl)cc3)c3ccccc3c2=O)CC1.